The Bertz CT molecular complexity index is 351. The fourth-order valence-corrected chi connectivity index (χ4v) is 1.37. The average Bonchev–Trinajstić information content (AvgIpc) is 2.38. The Hall–Kier alpha value is -0.940. The maximum atomic E-state index is 11.7. The highest BCUT2D eigenvalue weighted by atomic mass is 35.5. The first-order valence-corrected chi connectivity index (χ1v) is 6.05. The third-order valence-corrected chi connectivity index (χ3v) is 2.46. The first kappa shape index (κ1) is 15.1. The van der Waals surface area contributed by atoms with Gasteiger partial charge in [0.05, 0.1) is 26.4 Å². The van der Waals surface area contributed by atoms with Crippen LogP contribution >= 0.6 is 11.6 Å². The molecule has 0 aromatic heterocycles. The van der Waals surface area contributed by atoms with Gasteiger partial charge in [0.15, 0.2) is 5.78 Å². The van der Waals surface area contributed by atoms with Crippen LogP contribution in [0.1, 0.15) is 10.4 Å². The van der Waals surface area contributed by atoms with E-state index in [0.29, 0.717) is 37.0 Å². The van der Waals surface area contributed by atoms with E-state index in [1.165, 1.54) is 0 Å². The van der Waals surface area contributed by atoms with Crippen molar-refractivity contribution in [1.29, 1.82) is 0 Å². The van der Waals surface area contributed by atoms with Gasteiger partial charge in [0.1, 0.15) is 6.61 Å². The minimum Gasteiger partial charge on any atom is -0.382 e. The van der Waals surface area contributed by atoms with E-state index in [4.69, 9.17) is 25.8 Å². The molecule has 0 aliphatic rings. The van der Waals surface area contributed by atoms with Crippen LogP contribution in [-0.2, 0) is 14.2 Å². The zero-order chi connectivity index (χ0) is 13.2. The first-order chi connectivity index (χ1) is 8.74. The van der Waals surface area contributed by atoms with Gasteiger partial charge in [0.2, 0.25) is 0 Å². The number of hydrogen-bond acceptors (Lipinski definition) is 4. The molecule has 0 fully saturated rings. The molecule has 0 unspecified atom stereocenters. The standard InChI is InChI=1S/C13H17ClO4/c1-16-6-7-17-8-9-18-10-13(15)11-2-4-12(14)5-3-11/h2-5H,6-10H2,1H3. The van der Waals surface area contributed by atoms with Gasteiger partial charge in [-0.2, -0.15) is 0 Å². The summed E-state index contributed by atoms with van der Waals surface area (Å²) >= 11 is 5.73. The highest BCUT2D eigenvalue weighted by Crippen LogP contribution is 2.09. The van der Waals surface area contributed by atoms with Gasteiger partial charge in [0, 0.05) is 17.7 Å². The Morgan fingerprint density at radius 2 is 1.67 bits per heavy atom. The van der Waals surface area contributed by atoms with Gasteiger partial charge in [-0.15, -0.1) is 0 Å². The van der Waals surface area contributed by atoms with Crippen molar-refractivity contribution in [3.63, 3.8) is 0 Å². The Labute approximate surface area is 112 Å². The molecule has 4 nitrogen and oxygen atoms in total. The predicted octanol–water partition coefficient (Wildman–Crippen LogP) is 2.20. The molecule has 0 aliphatic carbocycles. The fraction of sp³-hybridized carbons (Fsp3) is 0.462. The van der Waals surface area contributed by atoms with Crippen LogP contribution in [0.15, 0.2) is 24.3 Å². The highest BCUT2D eigenvalue weighted by Gasteiger charge is 2.05. The molecule has 0 N–H and O–H groups in total. The molecule has 0 heterocycles. The Morgan fingerprint density at radius 1 is 1.06 bits per heavy atom. The Kier molecular flexibility index (Phi) is 7.60. The lowest BCUT2D eigenvalue weighted by Gasteiger charge is -2.05. The number of halogens is 1. The summed E-state index contributed by atoms with van der Waals surface area (Å²) in [5.41, 5.74) is 0.597. The minimum atomic E-state index is -0.0661. The summed E-state index contributed by atoms with van der Waals surface area (Å²) in [5, 5.41) is 0.610. The van der Waals surface area contributed by atoms with Crippen molar-refractivity contribution in [2.75, 3.05) is 40.1 Å². The topological polar surface area (TPSA) is 44.8 Å². The lowest BCUT2D eigenvalue weighted by atomic mass is 10.1. The van der Waals surface area contributed by atoms with Crippen molar-refractivity contribution < 1.29 is 19.0 Å². The van der Waals surface area contributed by atoms with Crippen molar-refractivity contribution in [3.05, 3.63) is 34.9 Å². The number of ether oxygens (including phenoxy) is 3. The molecule has 1 aromatic carbocycles. The van der Waals surface area contributed by atoms with E-state index in [-0.39, 0.29) is 12.4 Å². The molecule has 0 amide bonds. The SMILES string of the molecule is COCCOCCOCC(=O)c1ccc(Cl)cc1. The van der Waals surface area contributed by atoms with Crippen LogP contribution < -0.4 is 0 Å². The van der Waals surface area contributed by atoms with Gasteiger partial charge in [-0.3, -0.25) is 4.79 Å². The number of hydrogen-bond donors (Lipinski definition) is 0. The normalized spacial score (nSPS) is 10.6. The Balaban J connectivity index is 2.12. The third kappa shape index (κ3) is 6.12. The van der Waals surface area contributed by atoms with E-state index in [1.807, 2.05) is 0 Å². The second-order valence-electron chi connectivity index (χ2n) is 3.59. The molecule has 1 aromatic rings. The monoisotopic (exact) mass is 272 g/mol. The van der Waals surface area contributed by atoms with Gasteiger partial charge in [-0.05, 0) is 24.3 Å². The molecule has 0 spiro atoms. The largest absolute Gasteiger partial charge is 0.382 e. The van der Waals surface area contributed by atoms with E-state index in [2.05, 4.69) is 0 Å². The van der Waals surface area contributed by atoms with Crippen molar-refractivity contribution in [2.45, 2.75) is 0 Å². The van der Waals surface area contributed by atoms with Gasteiger partial charge in [0.25, 0.3) is 0 Å². The van der Waals surface area contributed by atoms with Gasteiger partial charge in [-0.1, -0.05) is 11.6 Å². The summed E-state index contributed by atoms with van der Waals surface area (Å²) in [5.74, 6) is -0.0661. The van der Waals surface area contributed by atoms with Gasteiger partial charge >= 0.3 is 0 Å². The number of ketones is 1. The van der Waals surface area contributed by atoms with Crippen molar-refractivity contribution in [2.24, 2.45) is 0 Å². The molecule has 5 heteroatoms. The average molecular weight is 273 g/mol. The van der Waals surface area contributed by atoms with Crippen LogP contribution in [0.25, 0.3) is 0 Å². The first-order valence-electron chi connectivity index (χ1n) is 5.67. The maximum Gasteiger partial charge on any atom is 0.188 e. The molecule has 0 aliphatic heterocycles. The van der Waals surface area contributed by atoms with Crippen LogP contribution in [0.4, 0.5) is 0 Å². The van der Waals surface area contributed by atoms with Crippen molar-refractivity contribution in [3.8, 4) is 0 Å². The van der Waals surface area contributed by atoms with Crippen LogP contribution in [0, 0.1) is 0 Å². The number of benzene rings is 1. The summed E-state index contributed by atoms with van der Waals surface area (Å²) < 4.78 is 15.2. The maximum absolute atomic E-state index is 11.7. The molecule has 18 heavy (non-hydrogen) atoms. The summed E-state index contributed by atoms with van der Waals surface area (Å²) in [6.45, 7) is 1.99. The van der Waals surface area contributed by atoms with E-state index in [9.17, 15) is 4.79 Å². The quantitative estimate of drug-likeness (QED) is 0.511. The third-order valence-electron chi connectivity index (χ3n) is 2.20. The lowest BCUT2D eigenvalue weighted by molar-refractivity contribution is 0.0253. The van der Waals surface area contributed by atoms with Crippen molar-refractivity contribution >= 4 is 17.4 Å². The zero-order valence-corrected chi connectivity index (χ0v) is 11.1. The van der Waals surface area contributed by atoms with Crippen LogP contribution in [0.3, 0.4) is 0 Å². The zero-order valence-electron chi connectivity index (χ0n) is 10.4. The Morgan fingerprint density at radius 3 is 2.33 bits per heavy atom. The second-order valence-corrected chi connectivity index (χ2v) is 4.02. The molecule has 0 radical (unpaired) electrons. The smallest absolute Gasteiger partial charge is 0.188 e. The summed E-state index contributed by atoms with van der Waals surface area (Å²) in [7, 11) is 1.62. The van der Waals surface area contributed by atoms with Crippen molar-refractivity contribution in [1.82, 2.24) is 0 Å². The lowest BCUT2D eigenvalue weighted by Crippen LogP contribution is -2.13. The van der Waals surface area contributed by atoms with E-state index in [1.54, 1.807) is 31.4 Å². The molecule has 0 atom stereocenters. The summed E-state index contributed by atoms with van der Waals surface area (Å²) in [6.07, 6.45) is 0. The summed E-state index contributed by atoms with van der Waals surface area (Å²) in [6, 6.07) is 6.73. The molecule has 100 valence electrons. The van der Waals surface area contributed by atoms with Crippen LogP contribution in [-0.4, -0.2) is 45.9 Å². The molecular formula is C13H17ClO4. The number of carbonyl (C=O) groups excluding carboxylic acids is 1. The minimum absolute atomic E-state index is 0.0509. The van der Waals surface area contributed by atoms with Gasteiger partial charge in [-0.25, -0.2) is 0 Å². The molecule has 0 saturated heterocycles. The molecular weight excluding hydrogens is 256 g/mol. The predicted molar refractivity (Wildman–Crippen MR) is 69.3 cm³/mol. The summed E-state index contributed by atoms with van der Waals surface area (Å²) in [4.78, 5) is 11.7. The number of methoxy groups -OCH3 is 1. The van der Waals surface area contributed by atoms with Crippen LogP contribution in [0.2, 0.25) is 5.02 Å². The second kappa shape index (κ2) is 9.05. The van der Waals surface area contributed by atoms with Crippen LogP contribution in [0.5, 0.6) is 0 Å². The molecule has 1 rings (SSSR count). The number of Topliss-reactive ketones (excluding diaryl/α,β-unsaturated/α-hetero) is 1. The number of rotatable bonds is 9. The van der Waals surface area contributed by atoms with E-state index < -0.39 is 0 Å². The molecule has 0 bridgehead atoms. The fourth-order valence-electron chi connectivity index (χ4n) is 1.25. The molecule has 0 saturated carbocycles. The van der Waals surface area contributed by atoms with Gasteiger partial charge < -0.3 is 14.2 Å². The van der Waals surface area contributed by atoms with E-state index in [0.717, 1.165) is 0 Å². The highest BCUT2D eigenvalue weighted by molar-refractivity contribution is 6.30. The van der Waals surface area contributed by atoms with E-state index >= 15 is 0 Å². The number of carbonyl (C=O) groups is 1.